The van der Waals surface area contributed by atoms with Crippen molar-refractivity contribution in [2.24, 2.45) is 5.92 Å². The summed E-state index contributed by atoms with van der Waals surface area (Å²) in [6, 6.07) is 0. The summed E-state index contributed by atoms with van der Waals surface area (Å²) in [6.45, 7) is 5.51. The molecule has 1 N–H and O–H groups in total. The standard InChI is InChI=1S/C11H18O3/c1-4-11(13)6-8(7(2)12)5-9-10(11,3)14-9/h8-9,13H,4-6H2,1-3H3/t8-,9+,10+,11-/m0/s1. The van der Waals surface area contributed by atoms with E-state index in [0.29, 0.717) is 12.8 Å². The number of rotatable bonds is 2. The second-order valence-corrected chi connectivity index (χ2v) is 4.85. The zero-order chi connectivity index (χ0) is 10.6. The monoisotopic (exact) mass is 198 g/mol. The number of ketones is 1. The molecule has 3 heteroatoms. The molecule has 0 aromatic carbocycles. The average molecular weight is 198 g/mol. The van der Waals surface area contributed by atoms with Crippen molar-refractivity contribution in [2.45, 2.75) is 57.3 Å². The minimum Gasteiger partial charge on any atom is -0.387 e. The first-order valence-corrected chi connectivity index (χ1v) is 5.33. The summed E-state index contributed by atoms with van der Waals surface area (Å²) in [7, 11) is 0. The van der Waals surface area contributed by atoms with Crippen LogP contribution in [-0.4, -0.2) is 28.2 Å². The Kier molecular flexibility index (Phi) is 2.02. The lowest BCUT2D eigenvalue weighted by molar-refractivity contribution is -0.126. The van der Waals surface area contributed by atoms with Crippen molar-refractivity contribution in [1.29, 1.82) is 0 Å². The first kappa shape index (κ1) is 10.1. The van der Waals surface area contributed by atoms with Gasteiger partial charge in [-0.2, -0.15) is 0 Å². The lowest BCUT2D eigenvalue weighted by Crippen LogP contribution is -2.50. The van der Waals surface area contributed by atoms with E-state index < -0.39 is 5.60 Å². The smallest absolute Gasteiger partial charge is 0.133 e. The molecule has 2 aliphatic rings. The van der Waals surface area contributed by atoms with Gasteiger partial charge in [-0.05, 0) is 33.1 Å². The third-order valence-corrected chi connectivity index (χ3v) is 4.11. The van der Waals surface area contributed by atoms with Crippen molar-refractivity contribution in [3.63, 3.8) is 0 Å². The molecule has 0 unspecified atom stereocenters. The molecule has 80 valence electrons. The van der Waals surface area contributed by atoms with E-state index in [-0.39, 0.29) is 23.4 Å². The van der Waals surface area contributed by atoms with Gasteiger partial charge in [0.1, 0.15) is 11.4 Å². The Morgan fingerprint density at radius 2 is 2.29 bits per heavy atom. The number of aliphatic hydroxyl groups is 1. The number of hydrogen-bond acceptors (Lipinski definition) is 3. The quantitative estimate of drug-likeness (QED) is 0.680. The molecular formula is C11H18O3. The van der Waals surface area contributed by atoms with Gasteiger partial charge in [0.2, 0.25) is 0 Å². The Morgan fingerprint density at radius 1 is 1.64 bits per heavy atom. The van der Waals surface area contributed by atoms with Crippen molar-refractivity contribution in [3.8, 4) is 0 Å². The molecule has 4 atom stereocenters. The highest BCUT2D eigenvalue weighted by atomic mass is 16.6. The maximum atomic E-state index is 11.3. The fourth-order valence-corrected chi connectivity index (χ4v) is 2.70. The topological polar surface area (TPSA) is 49.8 Å². The van der Waals surface area contributed by atoms with Gasteiger partial charge in [-0.3, -0.25) is 4.79 Å². The fraction of sp³-hybridized carbons (Fsp3) is 0.909. The van der Waals surface area contributed by atoms with Crippen molar-refractivity contribution in [2.75, 3.05) is 0 Å². The Morgan fingerprint density at radius 3 is 2.79 bits per heavy atom. The van der Waals surface area contributed by atoms with Gasteiger partial charge >= 0.3 is 0 Å². The van der Waals surface area contributed by atoms with Crippen molar-refractivity contribution in [3.05, 3.63) is 0 Å². The molecule has 1 saturated carbocycles. The molecule has 1 aliphatic carbocycles. The molecule has 1 saturated heterocycles. The highest BCUT2D eigenvalue weighted by molar-refractivity contribution is 5.78. The number of epoxide rings is 1. The van der Waals surface area contributed by atoms with Crippen LogP contribution in [0.2, 0.25) is 0 Å². The predicted molar refractivity (Wildman–Crippen MR) is 51.9 cm³/mol. The maximum absolute atomic E-state index is 11.3. The number of hydrogen-bond donors (Lipinski definition) is 1. The van der Waals surface area contributed by atoms with E-state index >= 15 is 0 Å². The van der Waals surface area contributed by atoms with Crippen molar-refractivity contribution >= 4 is 5.78 Å². The SMILES string of the molecule is CC[C@]1(O)C[C@@H](C(C)=O)C[C@H]2O[C@]21C. The van der Waals surface area contributed by atoms with Crippen LogP contribution in [-0.2, 0) is 9.53 Å². The zero-order valence-corrected chi connectivity index (χ0v) is 9.04. The fourth-order valence-electron chi connectivity index (χ4n) is 2.70. The van der Waals surface area contributed by atoms with Crippen molar-refractivity contribution in [1.82, 2.24) is 0 Å². The highest BCUT2D eigenvalue weighted by Crippen LogP contribution is 2.56. The molecule has 0 radical (unpaired) electrons. The van der Waals surface area contributed by atoms with Crippen LogP contribution in [0.4, 0.5) is 0 Å². The second kappa shape index (κ2) is 2.80. The van der Waals surface area contributed by atoms with Crippen LogP contribution in [0.5, 0.6) is 0 Å². The summed E-state index contributed by atoms with van der Waals surface area (Å²) < 4.78 is 5.55. The molecule has 3 nitrogen and oxygen atoms in total. The first-order valence-electron chi connectivity index (χ1n) is 5.33. The first-order chi connectivity index (χ1) is 6.43. The molecule has 0 bridgehead atoms. The largest absolute Gasteiger partial charge is 0.387 e. The molecule has 1 aliphatic heterocycles. The molecule has 0 spiro atoms. The summed E-state index contributed by atoms with van der Waals surface area (Å²) in [5.41, 5.74) is -1.18. The number of fused-ring (bicyclic) bond motifs is 1. The van der Waals surface area contributed by atoms with E-state index in [2.05, 4.69) is 0 Å². The van der Waals surface area contributed by atoms with Crippen LogP contribution in [0.15, 0.2) is 0 Å². The van der Waals surface area contributed by atoms with Gasteiger partial charge in [0, 0.05) is 5.92 Å². The minimum atomic E-state index is -0.799. The van der Waals surface area contributed by atoms with Gasteiger partial charge in [0.15, 0.2) is 0 Å². The van der Waals surface area contributed by atoms with E-state index in [4.69, 9.17) is 4.74 Å². The second-order valence-electron chi connectivity index (χ2n) is 4.85. The molecule has 1 heterocycles. The van der Waals surface area contributed by atoms with Gasteiger partial charge in [-0.15, -0.1) is 0 Å². The van der Waals surface area contributed by atoms with Gasteiger partial charge in [-0.25, -0.2) is 0 Å². The van der Waals surface area contributed by atoms with Crippen LogP contribution in [0.25, 0.3) is 0 Å². The number of ether oxygens (including phenoxy) is 1. The van der Waals surface area contributed by atoms with E-state index in [1.807, 2.05) is 13.8 Å². The summed E-state index contributed by atoms with van der Waals surface area (Å²) in [5, 5.41) is 10.4. The number of carbonyl (C=O) groups is 1. The molecule has 2 fully saturated rings. The lowest BCUT2D eigenvalue weighted by atomic mass is 9.69. The van der Waals surface area contributed by atoms with E-state index in [0.717, 1.165) is 6.42 Å². The number of carbonyl (C=O) groups excluding carboxylic acids is 1. The van der Waals surface area contributed by atoms with Crippen molar-refractivity contribution < 1.29 is 14.6 Å². The van der Waals surface area contributed by atoms with Gasteiger partial charge in [0.05, 0.1) is 11.7 Å². The van der Waals surface area contributed by atoms with E-state index in [1.165, 1.54) is 0 Å². The third-order valence-electron chi connectivity index (χ3n) is 4.11. The molecule has 14 heavy (non-hydrogen) atoms. The summed E-state index contributed by atoms with van der Waals surface area (Å²) in [4.78, 5) is 11.3. The van der Waals surface area contributed by atoms with Gasteiger partial charge in [-0.1, -0.05) is 6.92 Å². The third kappa shape index (κ3) is 1.15. The maximum Gasteiger partial charge on any atom is 0.133 e. The van der Waals surface area contributed by atoms with Crippen LogP contribution >= 0.6 is 0 Å². The van der Waals surface area contributed by atoms with Crippen LogP contribution in [0.3, 0.4) is 0 Å². The summed E-state index contributed by atoms with van der Waals surface area (Å²) in [5.74, 6) is 0.162. The van der Waals surface area contributed by atoms with Crippen LogP contribution in [0, 0.1) is 5.92 Å². The zero-order valence-electron chi connectivity index (χ0n) is 9.04. The molecule has 0 aromatic heterocycles. The molecule has 2 rings (SSSR count). The minimum absolute atomic E-state index is 0.0134. The predicted octanol–water partition coefficient (Wildman–Crippen LogP) is 1.28. The van der Waals surface area contributed by atoms with Crippen LogP contribution in [0.1, 0.15) is 40.0 Å². The number of Topliss-reactive ketones (excluding diaryl/α,β-unsaturated/α-hetero) is 1. The Labute approximate surface area is 84.4 Å². The Hall–Kier alpha value is -0.410. The normalized spacial score (nSPS) is 51.1. The lowest BCUT2D eigenvalue weighted by Gasteiger charge is -2.37. The van der Waals surface area contributed by atoms with E-state index in [9.17, 15) is 9.90 Å². The molecule has 0 aromatic rings. The van der Waals surface area contributed by atoms with Gasteiger partial charge in [0.25, 0.3) is 0 Å². The summed E-state index contributed by atoms with van der Waals surface area (Å²) in [6.07, 6.45) is 2.10. The van der Waals surface area contributed by atoms with Gasteiger partial charge < -0.3 is 9.84 Å². The summed E-state index contributed by atoms with van der Waals surface area (Å²) >= 11 is 0. The average Bonchev–Trinajstić information content (AvgIpc) is 2.78. The highest BCUT2D eigenvalue weighted by Gasteiger charge is 2.68. The molecule has 0 amide bonds. The molecular weight excluding hydrogens is 180 g/mol. The van der Waals surface area contributed by atoms with E-state index in [1.54, 1.807) is 6.92 Å². The Bertz CT molecular complexity index is 276. The van der Waals surface area contributed by atoms with Crippen LogP contribution < -0.4 is 0 Å². The Balaban J connectivity index is 2.20.